The maximum absolute atomic E-state index is 14.7. The number of nitrogens with zero attached hydrogens (tertiary/aromatic N) is 4. The summed E-state index contributed by atoms with van der Waals surface area (Å²) in [5.41, 5.74) is 1.41. The minimum atomic E-state index is -4.52. The number of carbonyl (C=O) groups excluding carboxylic acids is 1. The summed E-state index contributed by atoms with van der Waals surface area (Å²) in [5.74, 6) is -0.612. The lowest BCUT2D eigenvalue weighted by Crippen LogP contribution is -2.16. The van der Waals surface area contributed by atoms with Crippen LogP contribution in [0.25, 0.3) is 11.1 Å². The topological polar surface area (TPSA) is 72.7 Å². The molecule has 1 fully saturated rings. The number of nitrogens with one attached hydrogen (secondary N) is 1. The summed E-state index contributed by atoms with van der Waals surface area (Å²) in [5, 5.41) is 6.74. The molecular formula is C26H21F4N5O. The van der Waals surface area contributed by atoms with Crippen LogP contribution in [0.4, 0.5) is 23.2 Å². The highest BCUT2D eigenvalue weighted by Gasteiger charge is 2.30. The first-order valence-electron chi connectivity index (χ1n) is 11.3. The normalized spacial score (nSPS) is 13.6. The van der Waals surface area contributed by atoms with Gasteiger partial charge in [-0.3, -0.25) is 9.48 Å². The van der Waals surface area contributed by atoms with Crippen molar-refractivity contribution in [3.63, 3.8) is 0 Å². The molecule has 5 rings (SSSR count). The van der Waals surface area contributed by atoms with Crippen LogP contribution in [-0.2, 0) is 23.8 Å². The van der Waals surface area contributed by atoms with Crippen molar-refractivity contribution in [2.75, 3.05) is 5.32 Å². The van der Waals surface area contributed by atoms with Crippen molar-refractivity contribution < 1.29 is 22.4 Å². The fourth-order valence-electron chi connectivity index (χ4n) is 3.81. The molecule has 0 aliphatic heterocycles. The number of benzene rings is 2. The van der Waals surface area contributed by atoms with Crippen LogP contribution in [-0.4, -0.2) is 25.7 Å². The average Bonchev–Trinajstić information content (AvgIpc) is 3.59. The zero-order valence-corrected chi connectivity index (χ0v) is 19.0. The maximum atomic E-state index is 14.7. The number of halogens is 4. The van der Waals surface area contributed by atoms with Crippen molar-refractivity contribution >= 4 is 11.6 Å². The van der Waals surface area contributed by atoms with Crippen LogP contribution in [0.15, 0.2) is 67.3 Å². The smallest absolute Gasteiger partial charge is 0.326 e. The Morgan fingerprint density at radius 2 is 1.81 bits per heavy atom. The molecule has 0 unspecified atom stereocenters. The van der Waals surface area contributed by atoms with E-state index in [4.69, 9.17) is 0 Å². The lowest BCUT2D eigenvalue weighted by Gasteiger charge is -2.10. The number of carbonyl (C=O) groups is 1. The summed E-state index contributed by atoms with van der Waals surface area (Å²) in [6.45, 7) is 0. The molecule has 2 aromatic carbocycles. The molecule has 0 spiro atoms. The van der Waals surface area contributed by atoms with E-state index in [1.807, 2.05) is 17.1 Å². The third-order valence-electron chi connectivity index (χ3n) is 5.85. The molecule has 0 atom stereocenters. The van der Waals surface area contributed by atoms with Gasteiger partial charge >= 0.3 is 6.18 Å². The van der Waals surface area contributed by atoms with Crippen LogP contribution in [0.2, 0.25) is 0 Å². The molecule has 1 N–H and O–H groups in total. The van der Waals surface area contributed by atoms with E-state index in [1.165, 1.54) is 24.3 Å². The molecular weight excluding hydrogens is 474 g/mol. The van der Waals surface area contributed by atoms with Crippen LogP contribution in [0, 0.1) is 5.82 Å². The molecule has 1 amide bonds. The molecule has 2 heterocycles. The van der Waals surface area contributed by atoms with Crippen molar-refractivity contribution in [3.05, 3.63) is 95.6 Å². The molecule has 10 heteroatoms. The van der Waals surface area contributed by atoms with Crippen molar-refractivity contribution in [3.8, 4) is 11.1 Å². The third kappa shape index (κ3) is 5.59. The molecule has 6 nitrogen and oxygen atoms in total. The Hall–Kier alpha value is -4.08. The summed E-state index contributed by atoms with van der Waals surface area (Å²) in [6, 6.07) is 9.19. The molecule has 1 aliphatic rings. The number of alkyl halides is 3. The standard InChI is InChI=1S/C26H21F4N5O/c27-23-9-17(19-13-31-24(32-14-19)8-16-12-33-35(15-16)22-6-7-22)4-5-18(23)10-25(36)34-21-3-1-2-20(11-21)26(28,29)30/h1-5,9,11-15,22H,6-8,10H2,(H,34,36). The van der Waals surface area contributed by atoms with E-state index in [0.29, 0.717) is 29.4 Å². The largest absolute Gasteiger partial charge is 0.416 e. The lowest BCUT2D eigenvalue weighted by molar-refractivity contribution is -0.137. The highest BCUT2D eigenvalue weighted by Crippen LogP contribution is 2.34. The van der Waals surface area contributed by atoms with E-state index in [1.54, 1.807) is 18.5 Å². The van der Waals surface area contributed by atoms with Crippen LogP contribution in [0.1, 0.15) is 41.4 Å². The molecule has 0 bridgehead atoms. The quantitative estimate of drug-likeness (QED) is 0.339. The Kier molecular flexibility index (Phi) is 6.26. The van der Waals surface area contributed by atoms with Crippen LogP contribution in [0.5, 0.6) is 0 Å². The monoisotopic (exact) mass is 495 g/mol. The third-order valence-corrected chi connectivity index (χ3v) is 5.85. The predicted octanol–water partition coefficient (Wildman–Crippen LogP) is 5.60. The van der Waals surface area contributed by atoms with Crippen LogP contribution in [0.3, 0.4) is 0 Å². The highest BCUT2D eigenvalue weighted by molar-refractivity contribution is 5.92. The molecule has 1 aliphatic carbocycles. The first-order valence-corrected chi connectivity index (χ1v) is 11.3. The molecule has 0 saturated heterocycles. The van der Waals surface area contributed by atoms with Gasteiger partial charge < -0.3 is 5.32 Å². The number of hydrogen-bond acceptors (Lipinski definition) is 4. The molecule has 4 aromatic rings. The number of hydrogen-bond donors (Lipinski definition) is 1. The van der Waals surface area contributed by atoms with Crippen molar-refractivity contribution in [1.82, 2.24) is 19.7 Å². The van der Waals surface area contributed by atoms with Crippen LogP contribution < -0.4 is 5.32 Å². The minimum Gasteiger partial charge on any atom is -0.326 e. The maximum Gasteiger partial charge on any atom is 0.416 e. The van der Waals surface area contributed by atoms with Gasteiger partial charge in [0.05, 0.1) is 24.2 Å². The second-order valence-electron chi connectivity index (χ2n) is 8.73. The fraction of sp³-hybridized carbons (Fsp3) is 0.231. The van der Waals surface area contributed by atoms with E-state index in [0.717, 1.165) is 30.5 Å². The average molecular weight is 495 g/mol. The number of amides is 1. The number of anilines is 1. The molecule has 36 heavy (non-hydrogen) atoms. The zero-order valence-electron chi connectivity index (χ0n) is 19.0. The summed E-state index contributed by atoms with van der Waals surface area (Å²) in [6.07, 6.45) is 5.05. The van der Waals surface area contributed by atoms with Gasteiger partial charge in [-0.15, -0.1) is 0 Å². The Bertz CT molecular complexity index is 1390. The van der Waals surface area contributed by atoms with E-state index < -0.39 is 23.5 Å². The zero-order chi connectivity index (χ0) is 25.3. The SMILES string of the molecule is O=C(Cc1ccc(-c2cnc(Cc3cnn(C4CC4)c3)nc2)cc1F)Nc1cccc(C(F)(F)F)c1. The summed E-state index contributed by atoms with van der Waals surface area (Å²) < 4.78 is 55.3. The number of rotatable bonds is 7. The number of aromatic nitrogens is 4. The highest BCUT2D eigenvalue weighted by atomic mass is 19.4. The van der Waals surface area contributed by atoms with Crippen molar-refractivity contribution in [2.45, 2.75) is 37.9 Å². The Balaban J connectivity index is 1.22. The van der Waals surface area contributed by atoms with Gasteiger partial charge in [0.1, 0.15) is 11.6 Å². The van der Waals surface area contributed by atoms with Crippen molar-refractivity contribution in [1.29, 1.82) is 0 Å². The Labute approximate surface area is 204 Å². The second-order valence-corrected chi connectivity index (χ2v) is 8.73. The van der Waals surface area contributed by atoms with E-state index >= 15 is 0 Å². The van der Waals surface area contributed by atoms with E-state index in [-0.39, 0.29) is 17.7 Å². The van der Waals surface area contributed by atoms with Gasteiger partial charge in [0.15, 0.2) is 0 Å². The minimum absolute atomic E-state index is 0.0102. The van der Waals surface area contributed by atoms with Gasteiger partial charge in [-0.1, -0.05) is 18.2 Å². The molecule has 2 aromatic heterocycles. The van der Waals surface area contributed by atoms with E-state index in [2.05, 4.69) is 20.4 Å². The molecule has 1 saturated carbocycles. The van der Waals surface area contributed by atoms with Gasteiger partial charge in [0, 0.05) is 36.3 Å². The van der Waals surface area contributed by atoms with Crippen molar-refractivity contribution in [2.24, 2.45) is 0 Å². The summed E-state index contributed by atoms with van der Waals surface area (Å²) in [7, 11) is 0. The van der Waals surface area contributed by atoms with Gasteiger partial charge in [0.25, 0.3) is 0 Å². The summed E-state index contributed by atoms with van der Waals surface area (Å²) in [4.78, 5) is 21.0. The first kappa shape index (κ1) is 23.7. The van der Waals surface area contributed by atoms with E-state index in [9.17, 15) is 22.4 Å². The van der Waals surface area contributed by atoms with Crippen LogP contribution >= 0.6 is 0 Å². The Morgan fingerprint density at radius 3 is 2.50 bits per heavy atom. The first-order chi connectivity index (χ1) is 17.2. The lowest BCUT2D eigenvalue weighted by atomic mass is 10.0. The Morgan fingerprint density at radius 1 is 1.03 bits per heavy atom. The van der Waals surface area contributed by atoms with Gasteiger partial charge in [-0.05, 0) is 53.8 Å². The molecule has 0 radical (unpaired) electrons. The van der Waals surface area contributed by atoms with Gasteiger partial charge in [-0.25, -0.2) is 14.4 Å². The molecule has 184 valence electrons. The van der Waals surface area contributed by atoms with Gasteiger partial charge in [-0.2, -0.15) is 18.3 Å². The van der Waals surface area contributed by atoms with Gasteiger partial charge in [0.2, 0.25) is 5.91 Å². The fourth-order valence-corrected chi connectivity index (χ4v) is 3.81. The predicted molar refractivity (Wildman–Crippen MR) is 125 cm³/mol. The summed E-state index contributed by atoms with van der Waals surface area (Å²) >= 11 is 0. The second kappa shape index (κ2) is 9.52.